The predicted molar refractivity (Wildman–Crippen MR) is 137 cm³/mol. The van der Waals surface area contributed by atoms with Crippen molar-refractivity contribution in [3.05, 3.63) is 77.3 Å². The summed E-state index contributed by atoms with van der Waals surface area (Å²) in [4.78, 5) is 28.1. The summed E-state index contributed by atoms with van der Waals surface area (Å²) < 4.78 is 28.4. The molecular weight excluding hydrogens is 490 g/mol. The van der Waals surface area contributed by atoms with E-state index in [1.807, 2.05) is 13.8 Å². The molecule has 1 amide bonds. The first-order chi connectivity index (χ1) is 18.5. The van der Waals surface area contributed by atoms with Gasteiger partial charge in [-0.3, -0.25) is 9.59 Å². The molecule has 1 N–H and O–H groups in total. The van der Waals surface area contributed by atoms with Crippen LogP contribution in [0.3, 0.4) is 0 Å². The molecule has 2 aliphatic heterocycles. The smallest absolute Gasteiger partial charge is 0.296 e. The third-order valence-electron chi connectivity index (χ3n) is 6.31. The van der Waals surface area contributed by atoms with Gasteiger partial charge in [0.2, 0.25) is 0 Å². The molecule has 5 rings (SSSR count). The largest absolute Gasteiger partial charge is 0.507 e. The van der Waals surface area contributed by atoms with Crippen LogP contribution in [-0.4, -0.2) is 48.1 Å². The van der Waals surface area contributed by atoms with E-state index in [0.717, 1.165) is 6.42 Å². The maximum absolute atomic E-state index is 13.4. The molecule has 0 saturated carbocycles. The van der Waals surface area contributed by atoms with Crippen LogP contribution in [0.5, 0.6) is 23.0 Å². The van der Waals surface area contributed by atoms with Crippen LogP contribution in [0.15, 0.2) is 64.8 Å². The van der Waals surface area contributed by atoms with Gasteiger partial charge in [0.05, 0.1) is 37.6 Å². The molecule has 2 aromatic carbocycles. The minimum Gasteiger partial charge on any atom is -0.507 e. The second kappa shape index (κ2) is 10.9. The number of benzene rings is 2. The first-order valence-corrected chi connectivity index (χ1v) is 12.6. The number of rotatable bonds is 9. The van der Waals surface area contributed by atoms with Gasteiger partial charge in [-0.2, -0.15) is 0 Å². The van der Waals surface area contributed by atoms with Crippen LogP contribution >= 0.6 is 0 Å². The predicted octanol–water partition coefficient (Wildman–Crippen LogP) is 4.86. The average Bonchev–Trinajstić information content (AvgIpc) is 3.54. The number of aliphatic hydroxyl groups is 1. The van der Waals surface area contributed by atoms with Gasteiger partial charge in [-0.15, -0.1) is 0 Å². The summed E-state index contributed by atoms with van der Waals surface area (Å²) in [5.41, 5.74) is 0.883. The second-order valence-electron chi connectivity index (χ2n) is 8.85. The molecule has 0 spiro atoms. The Bertz CT molecular complexity index is 1360. The van der Waals surface area contributed by atoms with Gasteiger partial charge < -0.3 is 33.4 Å². The van der Waals surface area contributed by atoms with Crippen LogP contribution in [0.4, 0.5) is 0 Å². The number of ketones is 1. The topological polar surface area (TPSA) is 108 Å². The van der Waals surface area contributed by atoms with Crippen molar-refractivity contribution in [3.8, 4) is 23.0 Å². The normalized spacial score (nSPS) is 18.1. The Balaban J connectivity index is 1.63. The van der Waals surface area contributed by atoms with Crippen LogP contribution in [0.1, 0.15) is 43.2 Å². The van der Waals surface area contributed by atoms with Gasteiger partial charge in [0.15, 0.2) is 23.0 Å². The summed E-state index contributed by atoms with van der Waals surface area (Å²) in [6, 6.07) is 12.7. The summed E-state index contributed by atoms with van der Waals surface area (Å²) in [6.45, 7) is 5.62. The molecule has 0 radical (unpaired) electrons. The summed E-state index contributed by atoms with van der Waals surface area (Å²) in [7, 11) is 0. The summed E-state index contributed by atoms with van der Waals surface area (Å²) in [6.07, 6.45) is 2.33. The van der Waals surface area contributed by atoms with Crippen molar-refractivity contribution < 1.29 is 38.1 Å². The van der Waals surface area contributed by atoms with E-state index in [-0.39, 0.29) is 17.9 Å². The molecule has 9 nitrogen and oxygen atoms in total. The number of aliphatic hydroxyl groups excluding tert-OH is 1. The van der Waals surface area contributed by atoms with Crippen LogP contribution in [0, 0.1) is 0 Å². The Morgan fingerprint density at radius 1 is 1.00 bits per heavy atom. The number of carbonyl (C=O) groups excluding carboxylic acids is 2. The van der Waals surface area contributed by atoms with E-state index in [2.05, 4.69) is 0 Å². The Kier molecular flexibility index (Phi) is 7.26. The summed E-state index contributed by atoms with van der Waals surface area (Å²) in [5, 5.41) is 11.4. The lowest BCUT2D eigenvalue weighted by Gasteiger charge is -2.25. The number of furan rings is 1. The Morgan fingerprint density at radius 2 is 1.82 bits per heavy atom. The van der Waals surface area contributed by atoms with Gasteiger partial charge in [-0.25, -0.2) is 0 Å². The number of likely N-dealkylation sites (tertiary alicyclic amines) is 1. The van der Waals surface area contributed by atoms with Crippen molar-refractivity contribution in [3.63, 3.8) is 0 Å². The fourth-order valence-electron chi connectivity index (χ4n) is 4.60. The molecule has 198 valence electrons. The molecule has 9 heteroatoms. The van der Waals surface area contributed by atoms with E-state index < -0.39 is 17.7 Å². The van der Waals surface area contributed by atoms with E-state index in [1.165, 1.54) is 11.2 Å². The van der Waals surface area contributed by atoms with Gasteiger partial charge in [-0.05, 0) is 61.4 Å². The summed E-state index contributed by atoms with van der Waals surface area (Å²) in [5.74, 6) is 0.715. The van der Waals surface area contributed by atoms with Crippen LogP contribution in [-0.2, 0) is 16.1 Å². The number of carbonyl (C=O) groups is 2. The molecule has 3 heterocycles. The fourth-order valence-corrected chi connectivity index (χ4v) is 4.60. The quantitative estimate of drug-likeness (QED) is 0.243. The highest BCUT2D eigenvalue weighted by Crippen LogP contribution is 2.43. The van der Waals surface area contributed by atoms with E-state index in [0.29, 0.717) is 66.3 Å². The minimum absolute atomic E-state index is 0.0390. The van der Waals surface area contributed by atoms with Crippen molar-refractivity contribution in [2.75, 3.05) is 26.4 Å². The second-order valence-corrected chi connectivity index (χ2v) is 8.85. The molecule has 3 aromatic rings. The molecule has 1 saturated heterocycles. The van der Waals surface area contributed by atoms with Crippen molar-refractivity contribution in [2.24, 2.45) is 0 Å². The number of hydrogen-bond donors (Lipinski definition) is 1. The molecule has 1 unspecified atom stereocenters. The first-order valence-electron chi connectivity index (χ1n) is 12.6. The molecular formula is C29H29NO8. The van der Waals surface area contributed by atoms with Crippen molar-refractivity contribution in [1.29, 1.82) is 0 Å². The number of Topliss-reactive ketones (excluding diaryl/α,β-unsaturated/α-hetero) is 1. The maximum atomic E-state index is 13.4. The lowest BCUT2D eigenvalue weighted by atomic mass is 9.94. The molecule has 0 aliphatic carbocycles. The fraction of sp³-hybridized carbons (Fsp3) is 0.310. The average molecular weight is 520 g/mol. The Hall–Kier alpha value is -4.40. The monoisotopic (exact) mass is 519 g/mol. The number of hydrogen-bond acceptors (Lipinski definition) is 8. The maximum Gasteiger partial charge on any atom is 0.296 e. The number of fused-ring (bicyclic) bond motifs is 1. The lowest BCUT2D eigenvalue weighted by molar-refractivity contribution is -0.140. The van der Waals surface area contributed by atoms with Gasteiger partial charge in [0.1, 0.15) is 24.7 Å². The van der Waals surface area contributed by atoms with E-state index >= 15 is 0 Å². The zero-order valence-corrected chi connectivity index (χ0v) is 21.3. The molecule has 0 bridgehead atoms. The Labute approximate surface area is 220 Å². The molecule has 1 aromatic heterocycles. The van der Waals surface area contributed by atoms with Gasteiger partial charge >= 0.3 is 0 Å². The SMILES string of the molecule is CCCOc1ccc(C2/C(=C(\O)c3ccc4c(c3)OCCO4)C(=O)C(=O)N2Cc2ccco2)cc1OCC. The first kappa shape index (κ1) is 25.3. The van der Waals surface area contributed by atoms with Gasteiger partial charge in [0, 0.05) is 5.56 Å². The van der Waals surface area contributed by atoms with Crippen molar-refractivity contribution >= 4 is 17.4 Å². The Morgan fingerprint density at radius 3 is 2.55 bits per heavy atom. The van der Waals surface area contributed by atoms with Crippen LogP contribution < -0.4 is 18.9 Å². The molecule has 1 fully saturated rings. The number of nitrogens with zero attached hydrogens (tertiary/aromatic N) is 1. The standard InChI is InChI=1S/C29H29NO8/c1-3-11-36-21-9-7-18(15-23(21)34-4-2)26-25(28(32)29(33)30(26)17-20-6-5-12-35-20)27(31)19-8-10-22-24(16-19)38-14-13-37-22/h5-10,12,15-16,26,31H,3-4,11,13-14,17H2,1-2H3/b27-25+. The van der Waals surface area contributed by atoms with Crippen LogP contribution in [0.2, 0.25) is 0 Å². The van der Waals surface area contributed by atoms with Crippen molar-refractivity contribution in [2.45, 2.75) is 32.9 Å². The number of ether oxygens (including phenoxy) is 4. The minimum atomic E-state index is -0.896. The van der Waals surface area contributed by atoms with E-state index in [9.17, 15) is 14.7 Å². The van der Waals surface area contributed by atoms with E-state index in [4.69, 9.17) is 23.4 Å². The van der Waals surface area contributed by atoms with Crippen molar-refractivity contribution in [1.82, 2.24) is 4.90 Å². The third kappa shape index (κ3) is 4.79. The van der Waals surface area contributed by atoms with Crippen LogP contribution in [0.25, 0.3) is 5.76 Å². The number of amides is 1. The molecule has 38 heavy (non-hydrogen) atoms. The zero-order chi connectivity index (χ0) is 26.6. The third-order valence-corrected chi connectivity index (χ3v) is 6.31. The molecule has 2 aliphatic rings. The highest BCUT2D eigenvalue weighted by atomic mass is 16.6. The van der Waals surface area contributed by atoms with E-state index in [1.54, 1.807) is 48.5 Å². The molecule has 1 atom stereocenters. The highest BCUT2D eigenvalue weighted by Gasteiger charge is 2.46. The lowest BCUT2D eigenvalue weighted by Crippen LogP contribution is -2.29. The van der Waals surface area contributed by atoms with Gasteiger partial charge in [-0.1, -0.05) is 13.0 Å². The summed E-state index contributed by atoms with van der Waals surface area (Å²) >= 11 is 0. The highest BCUT2D eigenvalue weighted by molar-refractivity contribution is 6.46. The zero-order valence-electron chi connectivity index (χ0n) is 21.3. The van der Waals surface area contributed by atoms with Gasteiger partial charge in [0.25, 0.3) is 11.7 Å².